The lowest BCUT2D eigenvalue weighted by molar-refractivity contribution is -0.207. The molecule has 1 unspecified atom stereocenters. The van der Waals surface area contributed by atoms with Crippen LogP contribution in [0.2, 0.25) is 0 Å². The standard InChI is InChI=1S/C11H16O3/c1-5-10(2,3)9-8(12)6-7-11(4,13)14-9/h5-7,9,13H,1H2,2-4H3/t9-,11?/m0/s1. The van der Waals surface area contributed by atoms with Crippen molar-refractivity contribution in [2.75, 3.05) is 0 Å². The van der Waals surface area contributed by atoms with Crippen LogP contribution in [0.5, 0.6) is 0 Å². The number of aliphatic hydroxyl groups is 1. The lowest BCUT2D eigenvalue weighted by Crippen LogP contribution is -2.46. The molecule has 0 saturated heterocycles. The molecule has 0 aromatic heterocycles. The first-order chi connectivity index (χ1) is 6.28. The van der Waals surface area contributed by atoms with Crippen molar-refractivity contribution in [3.05, 3.63) is 24.8 Å². The number of hydrogen-bond donors (Lipinski definition) is 1. The van der Waals surface area contributed by atoms with Crippen molar-refractivity contribution in [2.24, 2.45) is 5.41 Å². The Morgan fingerprint density at radius 2 is 2.29 bits per heavy atom. The Hall–Kier alpha value is -0.930. The van der Waals surface area contributed by atoms with E-state index in [-0.39, 0.29) is 5.78 Å². The summed E-state index contributed by atoms with van der Waals surface area (Å²) in [5.74, 6) is -1.50. The average Bonchev–Trinajstić information content (AvgIpc) is 2.09. The Morgan fingerprint density at radius 1 is 1.71 bits per heavy atom. The third kappa shape index (κ3) is 2.11. The molecule has 0 spiro atoms. The summed E-state index contributed by atoms with van der Waals surface area (Å²) in [7, 11) is 0. The zero-order chi connectivity index (χ0) is 11.0. The number of ketones is 1. The van der Waals surface area contributed by atoms with Gasteiger partial charge in [0.05, 0.1) is 0 Å². The van der Waals surface area contributed by atoms with Gasteiger partial charge in [0.15, 0.2) is 11.6 Å². The third-order valence-corrected chi connectivity index (χ3v) is 2.37. The number of rotatable bonds is 2. The van der Waals surface area contributed by atoms with Gasteiger partial charge in [0.2, 0.25) is 0 Å². The average molecular weight is 196 g/mol. The molecule has 0 aromatic carbocycles. The third-order valence-electron chi connectivity index (χ3n) is 2.37. The van der Waals surface area contributed by atoms with Crippen LogP contribution >= 0.6 is 0 Å². The summed E-state index contributed by atoms with van der Waals surface area (Å²) in [5.41, 5.74) is -0.480. The Labute approximate surface area is 84.1 Å². The first kappa shape index (κ1) is 11.1. The van der Waals surface area contributed by atoms with E-state index in [0.717, 1.165) is 0 Å². The summed E-state index contributed by atoms with van der Waals surface area (Å²) in [4.78, 5) is 11.5. The lowest BCUT2D eigenvalue weighted by atomic mass is 9.83. The van der Waals surface area contributed by atoms with E-state index in [4.69, 9.17) is 4.74 Å². The highest BCUT2D eigenvalue weighted by molar-refractivity contribution is 5.95. The van der Waals surface area contributed by atoms with E-state index < -0.39 is 17.3 Å². The molecule has 1 N–H and O–H groups in total. The summed E-state index contributed by atoms with van der Waals surface area (Å²) in [6.07, 6.45) is 3.70. The predicted octanol–water partition coefficient (Wildman–Crippen LogP) is 1.43. The fourth-order valence-electron chi connectivity index (χ4n) is 1.29. The molecule has 14 heavy (non-hydrogen) atoms. The first-order valence-corrected chi connectivity index (χ1v) is 4.55. The number of carbonyl (C=O) groups is 1. The van der Waals surface area contributed by atoms with Gasteiger partial charge in [0.25, 0.3) is 0 Å². The van der Waals surface area contributed by atoms with Gasteiger partial charge in [-0.15, -0.1) is 6.58 Å². The summed E-state index contributed by atoms with van der Waals surface area (Å²) < 4.78 is 5.29. The maximum atomic E-state index is 11.5. The van der Waals surface area contributed by atoms with Crippen LogP contribution in [0.15, 0.2) is 24.8 Å². The Bertz CT molecular complexity index is 287. The molecule has 0 fully saturated rings. The first-order valence-electron chi connectivity index (χ1n) is 4.55. The summed E-state index contributed by atoms with van der Waals surface area (Å²) in [6.45, 7) is 8.84. The van der Waals surface area contributed by atoms with E-state index >= 15 is 0 Å². The summed E-state index contributed by atoms with van der Waals surface area (Å²) in [6, 6.07) is 0. The molecule has 0 aliphatic carbocycles. The summed E-state index contributed by atoms with van der Waals surface area (Å²) in [5, 5.41) is 9.63. The highest BCUT2D eigenvalue weighted by Crippen LogP contribution is 2.31. The van der Waals surface area contributed by atoms with Gasteiger partial charge in [-0.05, 0) is 19.1 Å². The Balaban J connectivity index is 2.97. The molecule has 1 heterocycles. The molecule has 78 valence electrons. The van der Waals surface area contributed by atoms with Gasteiger partial charge in [-0.25, -0.2) is 0 Å². The second-order valence-electron chi connectivity index (χ2n) is 4.31. The van der Waals surface area contributed by atoms with E-state index in [0.29, 0.717) is 0 Å². The second-order valence-corrected chi connectivity index (χ2v) is 4.31. The number of carbonyl (C=O) groups excluding carboxylic acids is 1. The zero-order valence-corrected chi connectivity index (χ0v) is 8.78. The molecule has 2 atom stereocenters. The highest BCUT2D eigenvalue weighted by Gasteiger charge is 2.40. The van der Waals surface area contributed by atoms with Crippen LogP contribution in [0.25, 0.3) is 0 Å². The minimum atomic E-state index is -1.36. The molecule has 0 amide bonds. The van der Waals surface area contributed by atoms with E-state index in [1.807, 2.05) is 13.8 Å². The second kappa shape index (κ2) is 3.33. The van der Waals surface area contributed by atoms with Crippen LogP contribution in [0.4, 0.5) is 0 Å². The molecule has 1 aliphatic heterocycles. The molecule has 1 rings (SSSR count). The molecule has 1 aliphatic rings. The van der Waals surface area contributed by atoms with Crippen molar-refractivity contribution in [1.82, 2.24) is 0 Å². The van der Waals surface area contributed by atoms with Crippen molar-refractivity contribution in [1.29, 1.82) is 0 Å². The van der Waals surface area contributed by atoms with Gasteiger partial charge in [-0.2, -0.15) is 0 Å². The van der Waals surface area contributed by atoms with Crippen molar-refractivity contribution in [2.45, 2.75) is 32.7 Å². The molecular weight excluding hydrogens is 180 g/mol. The maximum Gasteiger partial charge on any atom is 0.185 e. The van der Waals surface area contributed by atoms with Crippen LogP contribution in [-0.4, -0.2) is 22.8 Å². The van der Waals surface area contributed by atoms with E-state index in [2.05, 4.69) is 6.58 Å². The van der Waals surface area contributed by atoms with Gasteiger partial charge in [0.1, 0.15) is 6.10 Å². The normalized spacial score (nSPS) is 33.1. The molecule has 0 radical (unpaired) electrons. The zero-order valence-electron chi connectivity index (χ0n) is 8.78. The van der Waals surface area contributed by atoms with Gasteiger partial charge in [0, 0.05) is 5.41 Å². The van der Waals surface area contributed by atoms with Crippen LogP contribution in [-0.2, 0) is 9.53 Å². The minimum absolute atomic E-state index is 0.138. The van der Waals surface area contributed by atoms with Crippen LogP contribution in [0, 0.1) is 5.41 Å². The smallest absolute Gasteiger partial charge is 0.185 e. The van der Waals surface area contributed by atoms with E-state index in [1.54, 1.807) is 6.08 Å². The number of hydrogen-bond acceptors (Lipinski definition) is 3. The minimum Gasteiger partial charge on any atom is -0.362 e. The van der Waals surface area contributed by atoms with Crippen LogP contribution < -0.4 is 0 Å². The number of ether oxygens (including phenoxy) is 1. The molecule has 0 bridgehead atoms. The topological polar surface area (TPSA) is 46.5 Å². The molecule has 0 aromatic rings. The SMILES string of the molecule is C=CC(C)(C)[C@H]1OC(C)(O)C=CC1=O. The largest absolute Gasteiger partial charge is 0.362 e. The monoisotopic (exact) mass is 196 g/mol. The predicted molar refractivity (Wildman–Crippen MR) is 53.6 cm³/mol. The lowest BCUT2D eigenvalue weighted by Gasteiger charge is -2.36. The van der Waals surface area contributed by atoms with Crippen molar-refractivity contribution in [3.8, 4) is 0 Å². The molecular formula is C11H16O3. The molecule has 3 nitrogen and oxygen atoms in total. The quantitative estimate of drug-likeness (QED) is 0.680. The molecule has 0 saturated carbocycles. The van der Waals surface area contributed by atoms with Gasteiger partial charge >= 0.3 is 0 Å². The fourth-order valence-corrected chi connectivity index (χ4v) is 1.29. The Kier molecular flexibility index (Phi) is 2.65. The maximum absolute atomic E-state index is 11.5. The van der Waals surface area contributed by atoms with E-state index in [1.165, 1.54) is 19.1 Å². The molecule has 3 heteroatoms. The fraction of sp³-hybridized carbons (Fsp3) is 0.545. The van der Waals surface area contributed by atoms with Crippen molar-refractivity contribution in [3.63, 3.8) is 0 Å². The highest BCUT2D eigenvalue weighted by atomic mass is 16.6. The van der Waals surface area contributed by atoms with Crippen molar-refractivity contribution < 1.29 is 14.6 Å². The van der Waals surface area contributed by atoms with Gasteiger partial charge in [-0.1, -0.05) is 19.9 Å². The Morgan fingerprint density at radius 3 is 2.79 bits per heavy atom. The van der Waals surface area contributed by atoms with Crippen LogP contribution in [0.1, 0.15) is 20.8 Å². The summed E-state index contributed by atoms with van der Waals surface area (Å²) >= 11 is 0. The van der Waals surface area contributed by atoms with Gasteiger partial charge < -0.3 is 9.84 Å². The van der Waals surface area contributed by atoms with Crippen LogP contribution in [0.3, 0.4) is 0 Å². The van der Waals surface area contributed by atoms with Gasteiger partial charge in [-0.3, -0.25) is 4.79 Å². The van der Waals surface area contributed by atoms with Crippen molar-refractivity contribution >= 4 is 5.78 Å². The van der Waals surface area contributed by atoms with E-state index in [9.17, 15) is 9.90 Å².